The standard InChI is InChI=1S/C14H15N3O/c1-10(8-11-4-3-7-18-11)16-13-5-2-6-14-12(13)9-15-17-14/h2-7,9-10,16H,8H2,1H3,(H,15,17). The topological polar surface area (TPSA) is 53.9 Å². The zero-order valence-electron chi connectivity index (χ0n) is 10.2. The first-order valence-electron chi connectivity index (χ1n) is 6.04. The average Bonchev–Trinajstić information content (AvgIpc) is 2.99. The molecular weight excluding hydrogens is 226 g/mol. The Morgan fingerprint density at radius 2 is 2.28 bits per heavy atom. The van der Waals surface area contributed by atoms with Crippen LogP contribution in [0.25, 0.3) is 10.9 Å². The van der Waals surface area contributed by atoms with Crippen LogP contribution in [0, 0.1) is 0 Å². The molecule has 1 atom stereocenters. The molecule has 0 aliphatic heterocycles. The second-order valence-corrected chi connectivity index (χ2v) is 4.47. The van der Waals surface area contributed by atoms with E-state index in [1.54, 1.807) is 6.26 Å². The van der Waals surface area contributed by atoms with E-state index in [0.717, 1.165) is 28.8 Å². The van der Waals surface area contributed by atoms with Crippen LogP contribution in [0.1, 0.15) is 12.7 Å². The highest BCUT2D eigenvalue weighted by atomic mass is 16.3. The summed E-state index contributed by atoms with van der Waals surface area (Å²) in [5, 5.41) is 11.6. The summed E-state index contributed by atoms with van der Waals surface area (Å²) in [7, 11) is 0. The summed E-state index contributed by atoms with van der Waals surface area (Å²) in [4.78, 5) is 0. The molecule has 2 aromatic heterocycles. The smallest absolute Gasteiger partial charge is 0.105 e. The largest absolute Gasteiger partial charge is 0.469 e. The molecule has 1 aromatic carbocycles. The quantitative estimate of drug-likeness (QED) is 0.737. The zero-order chi connectivity index (χ0) is 12.4. The molecule has 2 heterocycles. The summed E-state index contributed by atoms with van der Waals surface area (Å²) in [6, 6.07) is 10.3. The maximum atomic E-state index is 5.36. The SMILES string of the molecule is CC(Cc1ccco1)Nc1cccc2[nH]ncc12. The van der Waals surface area contributed by atoms with Crippen LogP contribution in [-0.2, 0) is 6.42 Å². The Morgan fingerprint density at radius 3 is 3.11 bits per heavy atom. The van der Waals surface area contributed by atoms with E-state index in [1.165, 1.54) is 0 Å². The van der Waals surface area contributed by atoms with Gasteiger partial charge in [-0.15, -0.1) is 0 Å². The molecule has 4 nitrogen and oxygen atoms in total. The van der Waals surface area contributed by atoms with Gasteiger partial charge in [0.15, 0.2) is 0 Å². The van der Waals surface area contributed by atoms with Crippen LogP contribution in [0.2, 0.25) is 0 Å². The number of H-pyrrole nitrogens is 1. The fourth-order valence-electron chi connectivity index (χ4n) is 2.14. The predicted octanol–water partition coefficient (Wildman–Crippen LogP) is 3.20. The molecule has 0 aliphatic carbocycles. The molecule has 0 aliphatic rings. The molecule has 18 heavy (non-hydrogen) atoms. The van der Waals surface area contributed by atoms with Gasteiger partial charge in [0, 0.05) is 23.5 Å². The minimum atomic E-state index is 0.302. The number of nitrogens with zero attached hydrogens (tertiary/aromatic N) is 1. The number of anilines is 1. The number of nitrogens with one attached hydrogen (secondary N) is 2. The van der Waals surface area contributed by atoms with Crippen molar-refractivity contribution >= 4 is 16.6 Å². The summed E-state index contributed by atoms with van der Waals surface area (Å²) < 4.78 is 5.36. The van der Waals surface area contributed by atoms with Crippen LogP contribution in [0.5, 0.6) is 0 Å². The van der Waals surface area contributed by atoms with Gasteiger partial charge in [0.1, 0.15) is 5.76 Å². The van der Waals surface area contributed by atoms with E-state index in [2.05, 4.69) is 28.5 Å². The fraction of sp³-hybridized carbons (Fsp3) is 0.214. The highest BCUT2D eigenvalue weighted by Crippen LogP contribution is 2.22. The molecule has 0 saturated heterocycles. The van der Waals surface area contributed by atoms with Crippen molar-refractivity contribution in [3.8, 4) is 0 Å². The number of fused-ring (bicyclic) bond motifs is 1. The van der Waals surface area contributed by atoms with Gasteiger partial charge in [-0.05, 0) is 31.2 Å². The lowest BCUT2D eigenvalue weighted by molar-refractivity contribution is 0.498. The van der Waals surface area contributed by atoms with Gasteiger partial charge in [0.25, 0.3) is 0 Å². The third-order valence-electron chi connectivity index (χ3n) is 2.97. The summed E-state index contributed by atoms with van der Waals surface area (Å²) in [6.45, 7) is 2.14. The molecule has 0 saturated carbocycles. The number of aromatic amines is 1. The van der Waals surface area contributed by atoms with Crippen molar-refractivity contribution in [1.82, 2.24) is 10.2 Å². The Balaban J connectivity index is 1.77. The van der Waals surface area contributed by atoms with Crippen LogP contribution in [-0.4, -0.2) is 16.2 Å². The number of benzene rings is 1. The lowest BCUT2D eigenvalue weighted by atomic mass is 10.1. The van der Waals surface area contributed by atoms with Crippen LogP contribution in [0.15, 0.2) is 47.2 Å². The molecule has 3 rings (SSSR count). The van der Waals surface area contributed by atoms with E-state index in [-0.39, 0.29) is 0 Å². The lowest BCUT2D eigenvalue weighted by Crippen LogP contribution is -2.17. The van der Waals surface area contributed by atoms with Crippen molar-refractivity contribution < 1.29 is 4.42 Å². The number of rotatable bonds is 4. The van der Waals surface area contributed by atoms with Crippen molar-refractivity contribution in [2.75, 3.05) is 5.32 Å². The summed E-state index contributed by atoms with van der Waals surface area (Å²) in [6.07, 6.45) is 4.41. The van der Waals surface area contributed by atoms with Gasteiger partial charge in [0.2, 0.25) is 0 Å². The van der Waals surface area contributed by atoms with Gasteiger partial charge in [-0.3, -0.25) is 5.10 Å². The average molecular weight is 241 g/mol. The first kappa shape index (κ1) is 10.9. The Bertz CT molecular complexity index is 627. The van der Waals surface area contributed by atoms with E-state index >= 15 is 0 Å². The second kappa shape index (κ2) is 4.56. The molecular formula is C14H15N3O. The number of furan rings is 1. The molecule has 1 unspecified atom stereocenters. The van der Waals surface area contributed by atoms with Gasteiger partial charge >= 0.3 is 0 Å². The van der Waals surface area contributed by atoms with E-state index in [9.17, 15) is 0 Å². The third kappa shape index (κ3) is 2.09. The monoisotopic (exact) mass is 241 g/mol. The molecule has 0 spiro atoms. The summed E-state index contributed by atoms with van der Waals surface area (Å²) in [5.41, 5.74) is 2.14. The minimum Gasteiger partial charge on any atom is -0.469 e. The first-order valence-corrected chi connectivity index (χ1v) is 6.04. The normalized spacial score (nSPS) is 12.7. The fourth-order valence-corrected chi connectivity index (χ4v) is 2.14. The Hall–Kier alpha value is -2.23. The van der Waals surface area contributed by atoms with Crippen LogP contribution in [0.3, 0.4) is 0 Å². The summed E-state index contributed by atoms with van der Waals surface area (Å²) in [5.74, 6) is 0.995. The molecule has 0 amide bonds. The maximum Gasteiger partial charge on any atom is 0.105 e. The maximum absolute atomic E-state index is 5.36. The van der Waals surface area contributed by atoms with E-state index in [0.29, 0.717) is 6.04 Å². The lowest BCUT2D eigenvalue weighted by Gasteiger charge is -2.14. The minimum absolute atomic E-state index is 0.302. The van der Waals surface area contributed by atoms with Crippen molar-refractivity contribution in [2.45, 2.75) is 19.4 Å². The predicted molar refractivity (Wildman–Crippen MR) is 71.6 cm³/mol. The van der Waals surface area contributed by atoms with Crippen molar-refractivity contribution in [2.24, 2.45) is 0 Å². The van der Waals surface area contributed by atoms with Crippen molar-refractivity contribution in [1.29, 1.82) is 0 Å². The van der Waals surface area contributed by atoms with E-state index < -0.39 is 0 Å². The molecule has 0 fully saturated rings. The molecule has 2 N–H and O–H groups in total. The molecule has 4 heteroatoms. The van der Waals surface area contributed by atoms with Gasteiger partial charge in [0.05, 0.1) is 18.0 Å². The number of hydrogen-bond acceptors (Lipinski definition) is 3. The zero-order valence-corrected chi connectivity index (χ0v) is 10.2. The summed E-state index contributed by atoms with van der Waals surface area (Å²) >= 11 is 0. The Morgan fingerprint density at radius 1 is 1.33 bits per heavy atom. The Labute approximate surface area is 105 Å². The van der Waals surface area contributed by atoms with Gasteiger partial charge in [-0.1, -0.05) is 6.07 Å². The number of aromatic nitrogens is 2. The second-order valence-electron chi connectivity index (χ2n) is 4.47. The Kier molecular flexibility index (Phi) is 2.76. The number of hydrogen-bond donors (Lipinski definition) is 2. The first-order chi connectivity index (χ1) is 8.83. The van der Waals surface area contributed by atoms with Gasteiger partial charge in [-0.25, -0.2) is 0 Å². The highest BCUT2D eigenvalue weighted by Gasteiger charge is 2.08. The van der Waals surface area contributed by atoms with Gasteiger partial charge < -0.3 is 9.73 Å². The van der Waals surface area contributed by atoms with Gasteiger partial charge in [-0.2, -0.15) is 5.10 Å². The van der Waals surface area contributed by atoms with Crippen molar-refractivity contribution in [3.63, 3.8) is 0 Å². The molecule has 92 valence electrons. The molecule has 3 aromatic rings. The van der Waals surface area contributed by atoms with Crippen LogP contribution >= 0.6 is 0 Å². The van der Waals surface area contributed by atoms with E-state index in [1.807, 2.05) is 30.5 Å². The van der Waals surface area contributed by atoms with Crippen LogP contribution < -0.4 is 5.32 Å². The van der Waals surface area contributed by atoms with E-state index in [4.69, 9.17) is 4.42 Å². The third-order valence-corrected chi connectivity index (χ3v) is 2.97. The molecule has 0 radical (unpaired) electrons. The van der Waals surface area contributed by atoms with Crippen LogP contribution in [0.4, 0.5) is 5.69 Å². The highest BCUT2D eigenvalue weighted by molar-refractivity contribution is 5.90. The molecule has 0 bridgehead atoms. The van der Waals surface area contributed by atoms with Crippen molar-refractivity contribution in [3.05, 3.63) is 48.6 Å².